The van der Waals surface area contributed by atoms with Crippen molar-refractivity contribution in [1.29, 1.82) is 0 Å². The predicted octanol–water partition coefficient (Wildman–Crippen LogP) is 2.10. The molecule has 1 aromatic carbocycles. The van der Waals surface area contributed by atoms with Gasteiger partial charge in [0.2, 0.25) is 0 Å². The van der Waals surface area contributed by atoms with Gasteiger partial charge >= 0.3 is 0 Å². The van der Waals surface area contributed by atoms with Gasteiger partial charge in [-0.3, -0.25) is 14.7 Å². The summed E-state index contributed by atoms with van der Waals surface area (Å²) >= 11 is 0. The van der Waals surface area contributed by atoms with E-state index < -0.39 is 0 Å². The van der Waals surface area contributed by atoms with Crippen LogP contribution in [0.3, 0.4) is 0 Å². The van der Waals surface area contributed by atoms with E-state index in [4.69, 9.17) is 4.74 Å². The standard InChI is InChI=1S/C21H37N5O2/c1-7-22-21(25-14-15-26(16(2)3)17(4)5)24-13-12-23-20(27)18-8-10-19(28-6)11-9-18/h8-11,16-17H,7,12-15H2,1-6H3,(H,23,27)(H2,22,24,25). The molecule has 0 unspecified atom stereocenters. The summed E-state index contributed by atoms with van der Waals surface area (Å²) in [5, 5.41) is 9.41. The highest BCUT2D eigenvalue weighted by Crippen LogP contribution is 2.10. The van der Waals surface area contributed by atoms with Crippen molar-refractivity contribution < 1.29 is 9.53 Å². The highest BCUT2D eigenvalue weighted by atomic mass is 16.5. The number of amides is 1. The Morgan fingerprint density at radius 1 is 1.04 bits per heavy atom. The third-order valence-electron chi connectivity index (χ3n) is 4.35. The normalized spacial score (nSPS) is 11.8. The van der Waals surface area contributed by atoms with Gasteiger partial charge in [0.1, 0.15) is 5.75 Å². The molecule has 28 heavy (non-hydrogen) atoms. The van der Waals surface area contributed by atoms with E-state index in [0.29, 0.717) is 30.7 Å². The van der Waals surface area contributed by atoms with Crippen LogP contribution in [-0.2, 0) is 0 Å². The van der Waals surface area contributed by atoms with Gasteiger partial charge in [0.15, 0.2) is 5.96 Å². The summed E-state index contributed by atoms with van der Waals surface area (Å²) in [5.74, 6) is 1.41. The molecule has 0 saturated carbocycles. The van der Waals surface area contributed by atoms with E-state index in [9.17, 15) is 4.79 Å². The molecule has 1 rings (SSSR count). The molecular formula is C21H37N5O2. The summed E-state index contributed by atoms with van der Waals surface area (Å²) in [6.07, 6.45) is 0. The molecule has 0 spiro atoms. The Bertz CT molecular complexity index is 591. The van der Waals surface area contributed by atoms with Crippen LogP contribution in [0.2, 0.25) is 0 Å². The smallest absolute Gasteiger partial charge is 0.251 e. The van der Waals surface area contributed by atoms with Crippen LogP contribution in [-0.4, -0.2) is 68.7 Å². The summed E-state index contributed by atoms with van der Waals surface area (Å²) in [6, 6.07) is 8.06. The van der Waals surface area contributed by atoms with Crippen molar-refractivity contribution in [3.05, 3.63) is 29.8 Å². The highest BCUT2D eigenvalue weighted by Gasteiger charge is 2.12. The van der Waals surface area contributed by atoms with Gasteiger partial charge in [0.25, 0.3) is 5.91 Å². The number of hydrogen-bond donors (Lipinski definition) is 3. The number of aliphatic imine (C=N–C) groups is 1. The lowest BCUT2D eigenvalue weighted by Gasteiger charge is -2.29. The second-order valence-corrected chi connectivity index (χ2v) is 7.10. The Morgan fingerprint density at radius 2 is 1.64 bits per heavy atom. The molecule has 0 aliphatic heterocycles. The maximum atomic E-state index is 12.2. The topological polar surface area (TPSA) is 78.0 Å². The van der Waals surface area contributed by atoms with E-state index >= 15 is 0 Å². The first-order chi connectivity index (χ1) is 13.4. The van der Waals surface area contributed by atoms with Crippen molar-refractivity contribution >= 4 is 11.9 Å². The number of hydrogen-bond acceptors (Lipinski definition) is 4. The van der Waals surface area contributed by atoms with Crippen LogP contribution in [0.15, 0.2) is 29.3 Å². The third kappa shape index (κ3) is 8.61. The van der Waals surface area contributed by atoms with Crippen molar-refractivity contribution in [3.63, 3.8) is 0 Å². The highest BCUT2D eigenvalue weighted by molar-refractivity contribution is 5.94. The van der Waals surface area contributed by atoms with Gasteiger partial charge in [-0.25, -0.2) is 0 Å². The van der Waals surface area contributed by atoms with Crippen LogP contribution >= 0.6 is 0 Å². The van der Waals surface area contributed by atoms with E-state index in [1.165, 1.54) is 0 Å². The molecule has 1 amide bonds. The fourth-order valence-electron chi connectivity index (χ4n) is 2.93. The Hall–Kier alpha value is -2.28. The van der Waals surface area contributed by atoms with Crippen molar-refractivity contribution in [2.75, 3.05) is 39.8 Å². The largest absolute Gasteiger partial charge is 0.497 e. The maximum Gasteiger partial charge on any atom is 0.251 e. The average Bonchev–Trinajstić information content (AvgIpc) is 2.67. The monoisotopic (exact) mass is 391 g/mol. The quantitative estimate of drug-likeness (QED) is 0.306. The SMILES string of the molecule is CCNC(=NCCN(C(C)C)C(C)C)NCCNC(=O)c1ccc(OC)cc1. The number of methoxy groups -OCH3 is 1. The Kier molecular flexibility index (Phi) is 11.0. The minimum atomic E-state index is -0.101. The Labute approximate surface area is 169 Å². The molecule has 0 saturated heterocycles. The predicted molar refractivity (Wildman–Crippen MR) is 116 cm³/mol. The van der Waals surface area contributed by atoms with E-state index in [1.807, 2.05) is 6.92 Å². The first-order valence-electron chi connectivity index (χ1n) is 10.1. The minimum Gasteiger partial charge on any atom is -0.497 e. The number of carbonyl (C=O) groups is 1. The molecule has 0 aromatic heterocycles. The van der Waals surface area contributed by atoms with E-state index in [0.717, 1.165) is 31.3 Å². The van der Waals surface area contributed by atoms with Gasteiger partial charge in [-0.05, 0) is 58.9 Å². The lowest BCUT2D eigenvalue weighted by atomic mass is 10.2. The number of benzene rings is 1. The second-order valence-electron chi connectivity index (χ2n) is 7.10. The fraction of sp³-hybridized carbons (Fsp3) is 0.619. The molecule has 0 atom stereocenters. The summed E-state index contributed by atoms with van der Waals surface area (Å²) in [7, 11) is 1.60. The number of guanidine groups is 1. The third-order valence-corrected chi connectivity index (χ3v) is 4.35. The molecule has 3 N–H and O–H groups in total. The van der Waals surface area contributed by atoms with Crippen LogP contribution in [0.25, 0.3) is 0 Å². The average molecular weight is 392 g/mol. The van der Waals surface area contributed by atoms with Crippen molar-refractivity contribution in [2.24, 2.45) is 4.99 Å². The van der Waals surface area contributed by atoms with Gasteiger partial charge < -0.3 is 20.7 Å². The zero-order chi connectivity index (χ0) is 20.9. The summed E-state index contributed by atoms with van der Waals surface area (Å²) < 4.78 is 5.10. The molecule has 7 heteroatoms. The molecule has 0 heterocycles. The maximum absolute atomic E-state index is 12.2. The van der Waals surface area contributed by atoms with Gasteiger partial charge in [-0.1, -0.05) is 0 Å². The molecule has 0 aliphatic rings. The molecule has 7 nitrogen and oxygen atoms in total. The molecule has 158 valence electrons. The van der Waals surface area contributed by atoms with Crippen LogP contribution in [0.1, 0.15) is 45.0 Å². The molecular weight excluding hydrogens is 354 g/mol. The Morgan fingerprint density at radius 3 is 2.18 bits per heavy atom. The van der Waals surface area contributed by atoms with Gasteiger partial charge in [-0.15, -0.1) is 0 Å². The first-order valence-corrected chi connectivity index (χ1v) is 10.1. The molecule has 0 fully saturated rings. The van der Waals surface area contributed by atoms with Gasteiger partial charge in [0.05, 0.1) is 13.7 Å². The van der Waals surface area contributed by atoms with Crippen LogP contribution in [0, 0.1) is 0 Å². The van der Waals surface area contributed by atoms with Crippen molar-refractivity contribution in [1.82, 2.24) is 20.9 Å². The van der Waals surface area contributed by atoms with Crippen LogP contribution in [0.5, 0.6) is 5.75 Å². The zero-order valence-electron chi connectivity index (χ0n) is 18.2. The van der Waals surface area contributed by atoms with Gasteiger partial charge in [-0.2, -0.15) is 0 Å². The van der Waals surface area contributed by atoms with Crippen molar-refractivity contribution in [2.45, 2.75) is 46.7 Å². The Balaban J connectivity index is 2.42. The van der Waals surface area contributed by atoms with Crippen LogP contribution in [0.4, 0.5) is 0 Å². The summed E-state index contributed by atoms with van der Waals surface area (Å²) in [6.45, 7) is 14.4. The van der Waals surface area contributed by atoms with E-state index in [-0.39, 0.29) is 5.91 Å². The van der Waals surface area contributed by atoms with E-state index in [1.54, 1.807) is 31.4 Å². The fourth-order valence-corrected chi connectivity index (χ4v) is 2.93. The summed E-state index contributed by atoms with van der Waals surface area (Å²) in [4.78, 5) is 19.2. The minimum absolute atomic E-state index is 0.101. The number of ether oxygens (including phenoxy) is 1. The van der Waals surface area contributed by atoms with Gasteiger partial charge in [0, 0.05) is 43.8 Å². The number of nitrogens with zero attached hydrogens (tertiary/aromatic N) is 2. The number of carbonyl (C=O) groups excluding carboxylic acids is 1. The molecule has 0 radical (unpaired) electrons. The number of rotatable bonds is 11. The van der Waals surface area contributed by atoms with Crippen LogP contribution < -0.4 is 20.7 Å². The number of nitrogens with one attached hydrogen (secondary N) is 3. The lowest BCUT2D eigenvalue weighted by molar-refractivity contribution is 0.0954. The molecule has 0 bridgehead atoms. The lowest BCUT2D eigenvalue weighted by Crippen LogP contribution is -2.42. The molecule has 1 aromatic rings. The van der Waals surface area contributed by atoms with E-state index in [2.05, 4.69) is 53.5 Å². The zero-order valence-corrected chi connectivity index (χ0v) is 18.2. The second kappa shape index (κ2) is 13.0. The first kappa shape index (κ1) is 23.8. The van der Waals surface area contributed by atoms with Crippen molar-refractivity contribution in [3.8, 4) is 5.75 Å². The molecule has 0 aliphatic carbocycles. The summed E-state index contributed by atoms with van der Waals surface area (Å²) in [5.41, 5.74) is 0.615.